The van der Waals surface area contributed by atoms with Crippen molar-refractivity contribution >= 4 is 14.6 Å². The maximum atomic E-state index is 12.4. The van der Waals surface area contributed by atoms with Crippen LogP contribution < -0.4 is 0 Å². The smallest absolute Gasteiger partial charge is 0.163 e. The molecule has 16 heavy (non-hydrogen) atoms. The normalized spacial score (nSPS) is 25.8. The molecular formula is C14H18OSi. The van der Waals surface area contributed by atoms with Crippen molar-refractivity contribution in [3.8, 4) is 0 Å². The molecule has 1 nitrogen and oxygen atoms in total. The van der Waals surface area contributed by atoms with Crippen molar-refractivity contribution in [1.29, 1.82) is 0 Å². The summed E-state index contributed by atoms with van der Waals surface area (Å²) in [7, 11) is -0.729. The quantitative estimate of drug-likeness (QED) is 0.677. The van der Waals surface area contributed by atoms with E-state index in [4.69, 9.17) is 0 Å². The summed E-state index contributed by atoms with van der Waals surface area (Å²) >= 11 is 0. The predicted octanol–water partition coefficient (Wildman–Crippen LogP) is 3.21. The van der Waals surface area contributed by atoms with Gasteiger partial charge in [0.1, 0.15) is 0 Å². The van der Waals surface area contributed by atoms with Crippen LogP contribution in [0, 0.1) is 0 Å². The highest BCUT2D eigenvalue weighted by atomic mass is 28.3. The maximum absolute atomic E-state index is 12.4. The molecule has 1 aliphatic carbocycles. The number of benzene rings is 1. The molecule has 1 aromatic rings. The Morgan fingerprint density at radius 1 is 1.12 bits per heavy atom. The molecule has 2 heteroatoms. The fourth-order valence-corrected chi connectivity index (χ4v) is 7.40. The Labute approximate surface area is 98.5 Å². The topological polar surface area (TPSA) is 17.1 Å². The fourth-order valence-electron chi connectivity index (χ4n) is 3.43. The van der Waals surface area contributed by atoms with Crippen LogP contribution in [0.2, 0.25) is 17.6 Å². The van der Waals surface area contributed by atoms with Gasteiger partial charge >= 0.3 is 0 Å². The second-order valence-corrected chi connectivity index (χ2v) is 8.69. The number of hydrogen-bond acceptors (Lipinski definition) is 1. The molecule has 1 unspecified atom stereocenters. The SMILES string of the molecule is O=C1c2ccccc2CCC1[SiH]1CCCC1. The van der Waals surface area contributed by atoms with Crippen LogP contribution >= 0.6 is 0 Å². The molecule has 3 rings (SSSR count). The molecule has 1 heterocycles. The number of ketones is 1. The van der Waals surface area contributed by atoms with Gasteiger partial charge in [-0.2, -0.15) is 0 Å². The molecule has 0 bridgehead atoms. The lowest BCUT2D eigenvalue weighted by Gasteiger charge is -2.26. The fraction of sp³-hybridized carbons (Fsp3) is 0.500. The van der Waals surface area contributed by atoms with Crippen molar-refractivity contribution in [3.05, 3.63) is 35.4 Å². The van der Waals surface area contributed by atoms with Crippen molar-refractivity contribution < 1.29 is 4.79 Å². The molecule has 1 aromatic carbocycles. The summed E-state index contributed by atoms with van der Waals surface area (Å²) in [6.07, 6.45) is 5.06. The molecule has 84 valence electrons. The highest BCUT2D eigenvalue weighted by Crippen LogP contribution is 2.37. The Kier molecular flexibility index (Phi) is 2.68. The van der Waals surface area contributed by atoms with E-state index in [0.717, 1.165) is 18.4 Å². The molecule has 1 atom stereocenters. The third-order valence-electron chi connectivity index (χ3n) is 4.31. The lowest BCUT2D eigenvalue weighted by Crippen LogP contribution is -2.29. The summed E-state index contributed by atoms with van der Waals surface area (Å²) in [6, 6.07) is 11.1. The Hall–Kier alpha value is -0.893. The molecule has 0 N–H and O–H groups in total. The van der Waals surface area contributed by atoms with Crippen LogP contribution in [0.25, 0.3) is 0 Å². The zero-order valence-electron chi connectivity index (χ0n) is 9.61. The highest BCUT2D eigenvalue weighted by Gasteiger charge is 2.35. The van der Waals surface area contributed by atoms with E-state index < -0.39 is 8.80 Å². The van der Waals surface area contributed by atoms with Crippen LogP contribution in [0.15, 0.2) is 24.3 Å². The van der Waals surface area contributed by atoms with E-state index in [1.807, 2.05) is 12.1 Å². The van der Waals surface area contributed by atoms with Gasteiger partial charge in [-0.15, -0.1) is 0 Å². The highest BCUT2D eigenvalue weighted by molar-refractivity contribution is 6.66. The number of hydrogen-bond donors (Lipinski definition) is 0. The average molecular weight is 230 g/mol. The van der Waals surface area contributed by atoms with Gasteiger partial charge < -0.3 is 0 Å². The van der Waals surface area contributed by atoms with Gasteiger partial charge in [-0.3, -0.25) is 4.79 Å². The standard InChI is InChI=1S/C14H18OSi/c15-14-12-6-2-1-5-11(12)7-8-13(14)16-9-3-4-10-16/h1-2,5-6,13,16H,3-4,7-10H2. The number of Topliss-reactive ketones (excluding diaryl/α,β-unsaturated/α-hetero) is 1. The molecule has 0 amide bonds. The van der Waals surface area contributed by atoms with Crippen LogP contribution in [0.4, 0.5) is 0 Å². The maximum Gasteiger partial charge on any atom is 0.163 e. The molecule has 0 saturated carbocycles. The van der Waals surface area contributed by atoms with Gasteiger partial charge in [0.2, 0.25) is 0 Å². The van der Waals surface area contributed by atoms with E-state index in [9.17, 15) is 4.79 Å². The molecule has 0 radical (unpaired) electrons. The van der Waals surface area contributed by atoms with Gasteiger partial charge in [-0.05, 0) is 18.4 Å². The van der Waals surface area contributed by atoms with E-state index >= 15 is 0 Å². The molecule has 0 spiro atoms. The van der Waals surface area contributed by atoms with Crippen molar-refractivity contribution in [3.63, 3.8) is 0 Å². The van der Waals surface area contributed by atoms with Crippen molar-refractivity contribution in [2.75, 3.05) is 0 Å². The second kappa shape index (κ2) is 4.17. The van der Waals surface area contributed by atoms with E-state index in [-0.39, 0.29) is 0 Å². The van der Waals surface area contributed by atoms with Gasteiger partial charge in [0, 0.05) is 19.9 Å². The number of carbonyl (C=O) groups is 1. The van der Waals surface area contributed by atoms with Crippen molar-refractivity contribution in [1.82, 2.24) is 0 Å². The Morgan fingerprint density at radius 2 is 1.88 bits per heavy atom. The first-order valence-electron chi connectivity index (χ1n) is 6.48. The largest absolute Gasteiger partial charge is 0.294 e. The van der Waals surface area contributed by atoms with E-state index in [0.29, 0.717) is 11.3 Å². The predicted molar refractivity (Wildman–Crippen MR) is 68.8 cm³/mol. The van der Waals surface area contributed by atoms with E-state index in [2.05, 4.69) is 12.1 Å². The second-order valence-electron chi connectivity index (χ2n) is 5.21. The zero-order chi connectivity index (χ0) is 11.0. The first kappa shape index (κ1) is 10.3. The summed E-state index contributed by atoms with van der Waals surface area (Å²) in [4.78, 5) is 12.4. The minimum atomic E-state index is -0.729. The van der Waals surface area contributed by atoms with Crippen LogP contribution in [0.1, 0.15) is 35.2 Å². The average Bonchev–Trinajstić information content (AvgIpc) is 2.83. The Balaban J connectivity index is 1.88. The molecule has 1 fully saturated rings. The van der Waals surface area contributed by atoms with Gasteiger partial charge in [0.05, 0.1) is 0 Å². The minimum absolute atomic E-state index is 0.470. The summed E-state index contributed by atoms with van der Waals surface area (Å²) in [5, 5.41) is 0. The minimum Gasteiger partial charge on any atom is -0.294 e. The van der Waals surface area contributed by atoms with Gasteiger partial charge in [-0.1, -0.05) is 49.2 Å². The van der Waals surface area contributed by atoms with Gasteiger partial charge in [0.15, 0.2) is 5.78 Å². The number of fused-ring (bicyclic) bond motifs is 1. The Bertz CT molecular complexity index is 407. The van der Waals surface area contributed by atoms with Gasteiger partial charge in [-0.25, -0.2) is 0 Å². The first-order valence-corrected chi connectivity index (χ1v) is 8.78. The number of carbonyl (C=O) groups excluding carboxylic acids is 1. The molecular weight excluding hydrogens is 212 g/mol. The van der Waals surface area contributed by atoms with Crippen LogP contribution in [-0.2, 0) is 6.42 Å². The summed E-state index contributed by atoms with van der Waals surface area (Å²) in [5.74, 6) is 0.486. The van der Waals surface area contributed by atoms with Crippen molar-refractivity contribution in [2.24, 2.45) is 0 Å². The monoisotopic (exact) mass is 230 g/mol. The van der Waals surface area contributed by atoms with Gasteiger partial charge in [0.25, 0.3) is 0 Å². The van der Waals surface area contributed by atoms with Crippen LogP contribution in [0.5, 0.6) is 0 Å². The molecule has 2 aliphatic rings. The third-order valence-corrected chi connectivity index (χ3v) is 8.39. The van der Waals surface area contributed by atoms with E-state index in [1.54, 1.807) is 0 Å². The number of aryl methyl sites for hydroxylation is 1. The lowest BCUT2D eigenvalue weighted by molar-refractivity contribution is 0.0971. The van der Waals surface area contributed by atoms with Crippen LogP contribution in [0.3, 0.4) is 0 Å². The summed E-state index contributed by atoms with van der Waals surface area (Å²) in [6.45, 7) is 0. The molecule has 0 aromatic heterocycles. The molecule has 1 saturated heterocycles. The Morgan fingerprint density at radius 3 is 2.69 bits per heavy atom. The summed E-state index contributed by atoms with van der Waals surface area (Å²) < 4.78 is 0. The van der Waals surface area contributed by atoms with Crippen LogP contribution in [-0.4, -0.2) is 14.6 Å². The van der Waals surface area contributed by atoms with Crippen molar-refractivity contribution in [2.45, 2.75) is 43.3 Å². The summed E-state index contributed by atoms with van der Waals surface area (Å²) in [5.41, 5.74) is 2.80. The molecule has 1 aliphatic heterocycles. The zero-order valence-corrected chi connectivity index (χ0v) is 10.8. The third kappa shape index (κ3) is 1.65. The number of rotatable bonds is 1. The first-order chi connectivity index (χ1) is 7.86. The van der Waals surface area contributed by atoms with E-state index in [1.165, 1.54) is 30.5 Å². The lowest BCUT2D eigenvalue weighted by atomic mass is 9.90.